The van der Waals surface area contributed by atoms with Crippen molar-refractivity contribution in [1.82, 2.24) is 10.3 Å². The first kappa shape index (κ1) is 11.9. The van der Waals surface area contributed by atoms with Crippen molar-refractivity contribution < 1.29 is 0 Å². The average Bonchev–Trinajstić information content (AvgIpc) is 2.49. The summed E-state index contributed by atoms with van der Waals surface area (Å²) in [4.78, 5) is 4.42. The third kappa shape index (κ3) is 2.23. The minimum absolute atomic E-state index is 0.189. The number of para-hydroxylation sites is 1. The molecular weight excluding hydrogens is 232 g/mol. The number of aromatic nitrogens is 1. The number of rotatable bonds is 3. The quantitative estimate of drug-likeness (QED) is 0.766. The molecular formula is C17H16N2. The van der Waals surface area contributed by atoms with Crippen molar-refractivity contribution in [2.24, 2.45) is 0 Å². The highest BCUT2D eigenvalue weighted by Crippen LogP contribution is 2.27. The Morgan fingerprint density at radius 2 is 1.63 bits per heavy atom. The Balaban J connectivity index is 2.17. The van der Waals surface area contributed by atoms with Crippen LogP contribution in [-0.2, 0) is 0 Å². The van der Waals surface area contributed by atoms with Gasteiger partial charge in [-0.2, -0.15) is 0 Å². The van der Waals surface area contributed by atoms with E-state index in [4.69, 9.17) is 0 Å². The molecule has 1 heterocycles. The fraction of sp³-hybridized carbons (Fsp3) is 0.118. The smallest absolute Gasteiger partial charge is 0.0705 e. The molecule has 0 radical (unpaired) electrons. The fourth-order valence-electron chi connectivity index (χ4n) is 2.52. The molecule has 0 fully saturated rings. The average molecular weight is 248 g/mol. The summed E-state index contributed by atoms with van der Waals surface area (Å²) in [5, 5.41) is 4.60. The Hall–Kier alpha value is -2.19. The van der Waals surface area contributed by atoms with Gasteiger partial charge in [-0.25, -0.2) is 0 Å². The molecule has 0 saturated heterocycles. The molecule has 0 bridgehead atoms. The molecule has 2 nitrogen and oxygen atoms in total. The molecule has 1 unspecified atom stereocenters. The Kier molecular flexibility index (Phi) is 3.25. The number of hydrogen-bond donors (Lipinski definition) is 1. The highest BCUT2D eigenvalue weighted by molar-refractivity contribution is 5.82. The molecule has 19 heavy (non-hydrogen) atoms. The van der Waals surface area contributed by atoms with Gasteiger partial charge in [0.05, 0.1) is 11.6 Å². The van der Waals surface area contributed by atoms with Gasteiger partial charge >= 0.3 is 0 Å². The number of nitrogens with zero attached hydrogens (tertiary/aromatic N) is 1. The summed E-state index contributed by atoms with van der Waals surface area (Å²) in [6.45, 7) is 0. The maximum atomic E-state index is 4.42. The summed E-state index contributed by atoms with van der Waals surface area (Å²) >= 11 is 0. The molecule has 2 heteroatoms. The van der Waals surface area contributed by atoms with Crippen molar-refractivity contribution in [3.63, 3.8) is 0 Å². The highest BCUT2D eigenvalue weighted by atomic mass is 14.9. The lowest BCUT2D eigenvalue weighted by Crippen LogP contribution is -2.18. The second-order valence-corrected chi connectivity index (χ2v) is 4.55. The molecule has 0 spiro atoms. The van der Waals surface area contributed by atoms with Gasteiger partial charge in [-0.05, 0) is 30.3 Å². The van der Waals surface area contributed by atoms with Gasteiger partial charge in [0.15, 0.2) is 0 Å². The lowest BCUT2D eigenvalue weighted by atomic mass is 9.96. The molecule has 0 aliphatic carbocycles. The van der Waals surface area contributed by atoms with Crippen LogP contribution in [0.1, 0.15) is 17.2 Å². The molecule has 1 atom stereocenters. The van der Waals surface area contributed by atoms with E-state index in [9.17, 15) is 0 Å². The second-order valence-electron chi connectivity index (χ2n) is 4.55. The van der Waals surface area contributed by atoms with E-state index >= 15 is 0 Å². The topological polar surface area (TPSA) is 24.9 Å². The fourth-order valence-corrected chi connectivity index (χ4v) is 2.52. The van der Waals surface area contributed by atoms with Gasteiger partial charge in [0.1, 0.15) is 0 Å². The van der Waals surface area contributed by atoms with Crippen LogP contribution in [-0.4, -0.2) is 12.0 Å². The predicted octanol–water partition coefficient (Wildman–Crippen LogP) is 3.54. The van der Waals surface area contributed by atoms with Crippen LogP contribution in [0.15, 0.2) is 66.9 Å². The van der Waals surface area contributed by atoms with Crippen LogP contribution in [0.25, 0.3) is 10.9 Å². The molecule has 3 rings (SSSR count). The SMILES string of the molecule is CNC(c1ccccc1)c1ccnc2ccccc12. The van der Waals surface area contributed by atoms with Crippen LogP contribution in [0.2, 0.25) is 0 Å². The summed E-state index contributed by atoms with van der Waals surface area (Å²) < 4.78 is 0. The molecule has 1 aromatic heterocycles. The molecule has 0 amide bonds. The number of pyridine rings is 1. The third-order valence-corrected chi connectivity index (χ3v) is 3.42. The Bertz CT molecular complexity index is 672. The van der Waals surface area contributed by atoms with Crippen LogP contribution >= 0.6 is 0 Å². The molecule has 3 aromatic rings. The number of nitrogens with one attached hydrogen (secondary N) is 1. The van der Waals surface area contributed by atoms with E-state index in [1.807, 2.05) is 25.4 Å². The van der Waals surface area contributed by atoms with Gasteiger partial charge in [-0.1, -0.05) is 48.5 Å². The molecule has 94 valence electrons. The normalized spacial score (nSPS) is 12.5. The van der Waals surface area contributed by atoms with E-state index in [1.54, 1.807) is 0 Å². The zero-order valence-electron chi connectivity index (χ0n) is 10.9. The standard InChI is InChI=1S/C17H16N2/c1-18-17(13-7-3-2-4-8-13)15-11-12-19-16-10-6-5-9-14(15)16/h2-12,17-18H,1H3. The monoisotopic (exact) mass is 248 g/mol. The number of hydrogen-bond acceptors (Lipinski definition) is 2. The third-order valence-electron chi connectivity index (χ3n) is 3.42. The van der Waals surface area contributed by atoms with Crippen molar-refractivity contribution in [3.05, 3.63) is 78.0 Å². The van der Waals surface area contributed by atoms with Gasteiger partial charge in [-0.15, -0.1) is 0 Å². The van der Waals surface area contributed by atoms with Crippen molar-refractivity contribution in [2.75, 3.05) is 7.05 Å². The van der Waals surface area contributed by atoms with Gasteiger partial charge in [0.25, 0.3) is 0 Å². The first-order chi connectivity index (χ1) is 9.40. The molecule has 2 aromatic carbocycles. The van der Waals surface area contributed by atoms with E-state index < -0.39 is 0 Å². The van der Waals surface area contributed by atoms with Crippen LogP contribution in [0.4, 0.5) is 0 Å². The van der Waals surface area contributed by atoms with E-state index in [0.717, 1.165) is 5.52 Å². The van der Waals surface area contributed by atoms with Gasteiger partial charge in [-0.3, -0.25) is 4.98 Å². The van der Waals surface area contributed by atoms with Crippen molar-refractivity contribution in [1.29, 1.82) is 0 Å². The lowest BCUT2D eigenvalue weighted by Gasteiger charge is -2.18. The predicted molar refractivity (Wildman–Crippen MR) is 79.1 cm³/mol. The van der Waals surface area contributed by atoms with Gasteiger partial charge < -0.3 is 5.32 Å². The Morgan fingerprint density at radius 1 is 0.895 bits per heavy atom. The number of fused-ring (bicyclic) bond motifs is 1. The Morgan fingerprint density at radius 3 is 2.42 bits per heavy atom. The van der Waals surface area contributed by atoms with Crippen LogP contribution < -0.4 is 5.32 Å². The van der Waals surface area contributed by atoms with Gasteiger partial charge in [0, 0.05) is 11.6 Å². The molecule has 0 saturated carbocycles. The van der Waals surface area contributed by atoms with Crippen LogP contribution in [0.3, 0.4) is 0 Å². The molecule has 0 aliphatic rings. The van der Waals surface area contributed by atoms with E-state index in [1.165, 1.54) is 16.5 Å². The van der Waals surface area contributed by atoms with Crippen LogP contribution in [0, 0.1) is 0 Å². The summed E-state index contributed by atoms with van der Waals surface area (Å²) in [6, 6.07) is 21.0. The van der Waals surface area contributed by atoms with E-state index in [0.29, 0.717) is 0 Å². The van der Waals surface area contributed by atoms with Crippen LogP contribution in [0.5, 0.6) is 0 Å². The summed E-state index contributed by atoms with van der Waals surface area (Å²) in [6.07, 6.45) is 1.88. The minimum Gasteiger partial charge on any atom is -0.309 e. The summed E-state index contributed by atoms with van der Waals surface area (Å²) in [5.41, 5.74) is 3.57. The maximum absolute atomic E-state index is 4.42. The van der Waals surface area contributed by atoms with Crippen molar-refractivity contribution in [3.8, 4) is 0 Å². The molecule has 0 aliphatic heterocycles. The first-order valence-corrected chi connectivity index (χ1v) is 6.46. The Labute approximate surface area is 113 Å². The second kappa shape index (κ2) is 5.21. The van der Waals surface area contributed by atoms with E-state index in [2.05, 4.69) is 58.8 Å². The lowest BCUT2D eigenvalue weighted by molar-refractivity contribution is 0.696. The zero-order valence-corrected chi connectivity index (χ0v) is 10.9. The van der Waals surface area contributed by atoms with Crippen molar-refractivity contribution >= 4 is 10.9 Å². The number of benzene rings is 2. The summed E-state index contributed by atoms with van der Waals surface area (Å²) in [7, 11) is 1.99. The molecule has 1 N–H and O–H groups in total. The highest BCUT2D eigenvalue weighted by Gasteiger charge is 2.14. The first-order valence-electron chi connectivity index (χ1n) is 6.46. The zero-order chi connectivity index (χ0) is 13.1. The van der Waals surface area contributed by atoms with Gasteiger partial charge in [0.2, 0.25) is 0 Å². The largest absolute Gasteiger partial charge is 0.309 e. The summed E-state index contributed by atoms with van der Waals surface area (Å²) in [5.74, 6) is 0. The maximum Gasteiger partial charge on any atom is 0.0705 e. The minimum atomic E-state index is 0.189. The van der Waals surface area contributed by atoms with E-state index in [-0.39, 0.29) is 6.04 Å². The van der Waals surface area contributed by atoms with Crippen molar-refractivity contribution in [2.45, 2.75) is 6.04 Å².